The van der Waals surface area contributed by atoms with Gasteiger partial charge in [-0.3, -0.25) is 0 Å². The molecule has 4 nitrogen and oxygen atoms in total. The number of rotatable bonds is 2. The number of sulfonamides is 1. The highest BCUT2D eigenvalue weighted by molar-refractivity contribution is 7.89. The largest absolute Gasteiger partial charge is 0.489 e. The third-order valence-corrected chi connectivity index (χ3v) is 4.77. The molecular weight excluding hydrogens is 262 g/mol. The standard InChI is InChI=1S/C11H14ClNO3S/c1-7-4-8-5-9(17(14,15)13(2)3)6-10(12)11(8)16-7/h5-7H,4H2,1-3H3. The summed E-state index contributed by atoms with van der Waals surface area (Å²) in [6, 6.07) is 3.08. The minimum Gasteiger partial charge on any atom is -0.489 e. The molecule has 1 aliphatic rings. The molecule has 0 saturated heterocycles. The molecule has 1 unspecified atom stereocenters. The van der Waals surface area contributed by atoms with Gasteiger partial charge in [-0.25, -0.2) is 12.7 Å². The van der Waals surface area contributed by atoms with E-state index in [4.69, 9.17) is 16.3 Å². The summed E-state index contributed by atoms with van der Waals surface area (Å²) in [5, 5.41) is 0.354. The first-order valence-corrected chi connectivity index (χ1v) is 7.06. The molecule has 0 amide bonds. The molecule has 1 aromatic rings. The number of halogens is 1. The van der Waals surface area contributed by atoms with Crippen LogP contribution in [0.2, 0.25) is 5.02 Å². The second-order valence-electron chi connectivity index (χ2n) is 4.31. The lowest BCUT2D eigenvalue weighted by molar-refractivity contribution is 0.255. The fourth-order valence-corrected chi connectivity index (χ4v) is 3.15. The molecule has 0 bridgehead atoms. The van der Waals surface area contributed by atoms with E-state index in [-0.39, 0.29) is 11.0 Å². The summed E-state index contributed by atoms with van der Waals surface area (Å²) >= 11 is 6.04. The maximum Gasteiger partial charge on any atom is 0.242 e. The Hall–Kier alpha value is -0.780. The molecule has 6 heteroatoms. The second kappa shape index (κ2) is 4.15. The normalized spacial score (nSPS) is 19.2. The van der Waals surface area contributed by atoms with Crippen LogP contribution in [0.15, 0.2) is 17.0 Å². The smallest absolute Gasteiger partial charge is 0.242 e. The topological polar surface area (TPSA) is 46.6 Å². The summed E-state index contributed by atoms with van der Waals surface area (Å²) in [5.74, 6) is 0.608. The Kier molecular flexibility index (Phi) is 3.10. The van der Waals surface area contributed by atoms with Crippen LogP contribution in [0.1, 0.15) is 12.5 Å². The Morgan fingerprint density at radius 2 is 2.06 bits per heavy atom. The van der Waals surface area contributed by atoms with Crippen molar-refractivity contribution in [1.29, 1.82) is 0 Å². The van der Waals surface area contributed by atoms with Crippen molar-refractivity contribution >= 4 is 21.6 Å². The van der Waals surface area contributed by atoms with E-state index in [1.54, 1.807) is 6.07 Å². The molecular formula is C11H14ClNO3S. The van der Waals surface area contributed by atoms with Gasteiger partial charge < -0.3 is 4.74 Å². The van der Waals surface area contributed by atoms with E-state index >= 15 is 0 Å². The van der Waals surface area contributed by atoms with Crippen LogP contribution < -0.4 is 4.74 Å². The van der Waals surface area contributed by atoms with Gasteiger partial charge in [0.1, 0.15) is 11.9 Å². The third-order valence-electron chi connectivity index (χ3n) is 2.70. The Balaban J connectivity index is 2.55. The van der Waals surface area contributed by atoms with E-state index in [1.807, 2.05) is 6.92 Å². The van der Waals surface area contributed by atoms with Crippen molar-refractivity contribution in [1.82, 2.24) is 4.31 Å². The quantitative estimate of drug-likeness (QED) is 0.828. The molecule has 17 heavy (non-hydrogen) atoms. The molecule has 0 aliphatic carbocycles. The molecule has 2 rings (SSSR count). The lowest BCUT2D eigenvalue weighted by Crippen LogP contribution is -2.22. The lowest BCUT2D eigenvalue weighted by atomic mass is 10.1. The Bertz CT molecular complexity index is 554. The van der Waals surface area contributed by atoms with Gasteiger partial charge >= 0.3 is 0 Å². The number of ether oxygens (including phenoxy) is 1. The Morgan fingerprint density at radius 3 is 2.65 bits per heavy atom. The van der Waals surface area contributed by atoms with Crippen molar-refractivity contribution in [3.05, 3.63) is 22.7 Å². The number of hydrogen-bond donors (Lipinski definition) is 0. The zero-order valence-corrected chi connectivity index (χ0v) is 11.5. The van der Waals surface area contributed by atoms with Crippen molar-refractivity contribution in [3.63, 3.8) is 0 Å². The summed E-state index contributed by atoms with van der Waals surface area (Å²) < 4.78 is 30.7. The van der Waals surface area contributed by atoms with E-state index in [2.05, 4.69) is 0 Å². The molecule has 94 valence electrons. The first-order chi connectivity index (χ1) is 7.82. The summed E-state index contributed by atoms with van der Waals surface area (Å²) in [6.45, 7) is 1.93. The van der Waals surface area contributed by atoms with Gasteiger partial charge in [0, 0.05) is 26.1 Å². The predicted octanol–water partition coefficient (Wildman–Crippen LogP) is 1.91. The molecule has 0 N–H and O–H groups in total. The predicted molar refractivity (Wildman–Crippen MR) is 66.1 cm³/mol. The van der Waals surface area contributed by atoms with Crippen LogP contribution in [0.5, 0.6) is 5.75 Å². The molecule has 1 atom stereocenters. The van der Waals surface area contributed by atoms with Crippen LogP contribution in [-0.2, 0) is 16.4 Å². The minimum absolute atomic E-state index is 0.0415. The van der Waals surface area contributed by atoms with Gasteiger partial charge in [0.25, 0.3) is 0 Å². The second-order valence-corrected chi connectivity index (χ2v) is 6.87. The van der Waals surface area contributed by atoms with Gasteiger partial charge in [-0.1, -0.05) is 11.6 Å². The van der Waals surface area contributed by atoms with E-state index in [0.29, 0.717) is 17.2 Å². The molecule has 0 fully saturated rings. The number of benzene rings is 1. The van der Waals surface area contributed by atoms with Crippen molar-refractivity contribution in [2.45, 2.75) is 24.3 Å². The van der Waals surface area contributed by atoms with Gasteiger partial charge in [0.15, 0.2) is 0 Å². The van der Waals surface area contributed by atoms with E-state index in [0.717, 1.165) is 5.56 Å². The van der Waals surface area contributed by atoms with Crippen LogP contribution >= 0.6 is 11.6 Å². The van der Waals surface area contributed by atoms with Crippen LogP contribution in [0, 0.1) is 0 Å². The average Bonchev–Trinajstić information content (AvgIpc) is 2.58. The minimum atomic E-state index is -3.45. The summed E-state index contributed by atoms with van der Waals surface area (Å²) in [7, 11) is -0.454. The van der Waals surface area contributed by atoms with Gasteiger partial charge in [0.2, 0.25) is 10.0 Å². The summed E-state index contributed by atoms with van der Waals surface area (Å²) in [5.41, 5.74) is 0.852. The van der Waals surface area contributed by atoms with E-state index in [1.165, 1.54) is 24.5 Å². The van der Waals surface area contributed by atoms with Crippen molar-refractivity contribution < 1.29 is 13.2 Å². The number of fused-ring (bicyclic) bond motifs is 1. The third kappa shape index (κ3) is 2.14. The number of hydrogen-bond acceptors (Lipinski definition) is 3. The van der Waals surface area contributed by atoms with Crippen LogP contribution in [0.25, 0.3) is 0 Å². The fourth-order valence-electron chi connectivity index (χ4n) is 1.82. The first kappa shape index (κ1) is 12.7. The highest BCUT2D eigenvalue weighted by atomic mass is 35.5. The van der Waals surface area contributed by atoms with Gasteiger partial charge in [-0.05, 0) is 19.1 Å². The Labute approximate surface area is 106 Å². The van der Waals surface area contributed by atoms with Crippen molar-refractivity contribution in [3.8, 4) is 5.75 Å². The van der Waals surface area contributed by atoms with Gasteiger partial charge in [-0.2, -0.15) is 0 Å². The zero-order chi connectivity index (χ0) is 12.8. The molecule has 0 aromatic heterocycles. The van der Waals surface area contributed by atoms with E-state index in [9.17, 15) is 8.42 Å². The maximum absolute atomic E-state index is 12.0. The van der Waals surface area contributed by atoms with Crippen molar-refractivity contribution in [2.75, 3.05) is 14.1 Å². The molecule has 0 saturated carbocycles. The fraction of sp³-hybridized carbons (Fsp3) is 0.455. The monoisotopic (exact) mass is 275 g/mol. The molecule has 1 aliphatic heterocycles. The van der Waals surface area contributed by atoms with Crippen LogP contribution in [-0.4, -0.2) is 32.9 Å². The zero-order valence-electron chi connectivity index (χ0n) is 9.90. The summed E-state index contributed by atoms with van der Waals surface area (Å²) in [4.78, 5) is 0.212. The maximum atomic E-state index is 12.0. The van der Waals surface area contributed by atoms with Crippen molar-refractivity contribution in [2.24, 2.45) is 0 Å². The van der Waals surface area contributed by atoms with E-state index < -0.39 is 10.0 Å². The van der Waals surface area contributed by atoms with Crippen LogP contribution in [0.4, 0.5) is 0 Å². The lowest BCUT2D eigenvalue weighted by Gasteiger charge is -2.12. The van der Waals surface area contributed by atoms with Crippen LogP contribution in [0.3, 0.4) is 0 Å². The van der Waals surface area contributed by atoms with Gasteiger partial charge in [0.05, 0.1) is 9.92 Å². The highest BCUT2D eigenvalue weighted by Gasteiger charge is 2.26. The number of nitrogens with zero attached hydrogens (tertiary/aromatic N) is 1. The SMILES string of the molecule is CC1Cc2cc(S(=O)(=O)N(C)C)cc(Cl)c2O1. The molecule has 0 radical (unpaired) electrons. The Morgan fingerprint density at radius 1 is 1.41 bits per heavy atom. The summed E-state index contributed by atoms with van der Waals surface area (Å²) in [6.07, 6.45) is 0.728. The van der Waals surface area contributed by atoms with Gasteiger partial charge in [-0.15, -0.1) is 0 Å². The molecule has 0 spiro atoms. The first-order valence-electron chi connectivity index (χ1n) is 5.24. The average molecular weight is 276 g/mol. The highest BCUT2D eigenvalue weighted by Crippen LogP contribution is 2.38. The molecule has 1 heterocycles. The molecule has 1 aromatic carbocycles.